The van der Waals surface area contributed by atoms with Gasteiger partial charge in [-0.15, -0.1) is 0 Å². The average molecular weight is 1050 g/mol. The van der Waals surface area contributed by atoms with E-state index < -0.39 is 0 Å². The molecular formula is C49H54Cl2IN9O5. The topological polar surface area (TPSA) is 138 Å². The number of amides is 1. The summed E-state index contributed by atoms with van der Waals surface area (Å²) < 4.78 is 24.6. The highest BCUT2D eigenvalue weighted by Crippen LogP contribution is 2.47. The number of anilines is 1. The van der Waals surface area contributed by atoms with Gasteiger partial charge >= 0.3 is 0 Å². The van der Waals surface area contributed by atoms with Crippen LogP contribution >= 0.6 is 45.8 Å². The van der Waals surface area contributed by atoms with E-state index in [1.54, 1.807) is 18.1 Å². The molecule has 0 saturated carbocycles. The molecule has 0 spiro atoms. The van der Waals surface area contributed by atoms with Gasteiger partial charge in [-0.3, -0.25) is 14.4 Å². The largest absolute Gasteiger partial charge is 0.494 e. The van der Waals surface area contributed by atoms with Crippen LogP contribution < -0.4 is 9.64 Å². The Bertz CT molecular complexity index is 2930. The summed E-state index contributed by atoms with van der Waals surface area (Å²) in [5, 5.41) is 17.9. The van der Waals surface area contributed by atoms with Gasteiger partial charge in [0.05, 0.1) is 54.7 Å². The molecule has 6 heterocycles. The lowest BCUT2D eigenvalue weighted by molar-refractivity contribution is 0.0364. The highest BCUT2D eigenvalue weighted by molar-refractivity contribution is 14.1. The van der Waals surface area contributed by atoms with E-state index in [0.717, 1.165) is 115 Å². The summed E-state index contributed by atoms with van der Waals surface area (Å²) in [5.41, 5.74) is 10.1. The van der Waals surface area contributed by atoms with E-state index in [1.807, 2.05) is 56.9 Å². The molecule has 9 rings (SSSR count). The summed E-state index contributed by atoms with van der Waals surface area (Å²) in [6, 6.07) is 14.0. The number of aromatic nitrogens is 7. The van der Waals surface area contributed by atoms with Crippen LogP contribution in [0.4, 0.5) is 5.69 Å². The summed E-state index contributed by atoms with van der Waals surface area (Å²) in [4.78, 5) is 34.2. The normalized spacial score (nSPS) is 15.7. The van der Waals surface area contributed by atoms with Crippen LogP contribution in [0, 0.1) is 31.4 Å². The summed E-state index contributed by atoms with van der Waals surface area (Å²) in [6.45, 7) is 16.4. The second-order valence-corrected chi connectivity index (χ2v) is 19.1. The third kappa shape index (κ3) is 8.72. The number of halogens is 3. The lowest BCUT2D eigenvalue weighted by atomic mass is 9.97. The Morgan fingerprint density at radius 3 is 2.38 bits per heavy atom. The first-order chi connectivity index (χ1) is 31.9. The summed E-state index contributed by atoms with van der Waals surface area (Å²) in [5.74, 6) is 1.62. The molecule has 66 heavy (non-hydrogen) atoms. The van der Waals surface area contributed by atoms with Crippen LogP contribution in [0.5, 0.6) is 5.75 Å². The Labute approximate surface area is 407 Å². The minimum absolute atomic E-state index is 0.0934. The predicted molar refractivity (Wildman–Crippen MR) is 267 cm³/mol. The Balaban J connectivity index is 1.18. The molecule has 2 aliphatic heterocycles. The van der Waals surface area contributed by atoms with Gasteiger partial charge in [-0.05, 0) is 123 Å². The molecule has 2 aliphatic rings. The minimum Gasteiger partial charge on any atom is -0.494 e. The average Bonchev–Trinajstić information content (AvgIpc) is 3.99. The molecule has 1 saturated heterocycles. The van der Waals surface area contributed by atoms with Gasteiger partial charge in [0.15, 0.2) is 11.6 Å². The lowest BCUT2D eigenvalue weighted by Gasteiger charge is -2.34. The summed E-state index contributed by atoms with van der Waals surface area (Å²) in [7, 11) is 1.67. The molecule has 1 fully saturated rings. The number of carbonyl (C=O) groups is 1. The molecule has 4 aromatic heterocycles. The first-order valence-electron chi connectivity index (χ1n) is 22.4. The van der Waals surface area contributed by atoms with Crippen molar-refractivity contribution in [3.63, 3.8) is 0 Å². The fourth-order valence-electron chi connectivity index (χ4n) is 9.71. The van der Waals surface area contributed by atoms with E-state index in [-0.39, 0.29) is 18.6 Å². The molecule has 7 aromatic rings. The van der Waals surface area contributed by atoms with Crippen LogP contribution in [-0.2, 0) is 35.6 Å². The Kier molecular flexibility index (Phi) is 13.8. The fraction of sp³-hybridized carbons (Fsp3) is 0.408. The van der Waals surface area contributed by atoms with Crippen molar-refractivity contribution in [1.82, 2.24) is 38.8 Å². The van der Waals surface area contributed by atoms with Crippen molar-refractivity contribution in [3.8, 4) is 28.3 Å². The standard InChI is InChI=1S/C49H54Cl2IN9O5/c1-28-22-34(23-29(2)43(28)51)66-18-7-8-35-36-10-11-38(50)42(41-31(4)54-40(26-62)55-32(41)5)44(36)61-30(3)25-60(49(63)46(35)61)45-37-24-33(48-53-27-58(56-48)17-19-64-6)9-12-39(37)59(47(45)52)14-13-57-15-20-65-21-16-57/h9-12,22-24,27,30,62H,7-8,13-21,25-26H2,1-6H3. The number of aliphatic hydroxyl groups is 1. The first kappa shape index (κ1) is 46.5. The van der Waals surface area contributed by atoms with E-state index in [9.17, 15) is 5.11 Å². The Morgan fingerprint density at radius 1 is 0.924 bits per heavy atom. The number of methoxy groups -OCH3 is 1. The highest BCUT2D eigenvalue weighted by Gasteiger charge is 2.39. The fourth-order valence-corrected chi connectivity index (χ4v) is 11.1. The Hall–Kier alpha value is -4.62. The molecule has 0 radical (unpaired) electrons. The smallest absolute Gasteiger partial charge is 0.275 e. The maximum atomic E-state index is 15.8. The van der Waals surface area contributed by atoms with Crippen LogP contribution in [0.15, 0.2) is 48.8 Å². The molecular weight excluding hydrogens is 992 g/mol. The van der Waals surface area contributed by atoms with E-state index in [0.29, 0.717) is 72.9 Å². The SMILES string of the molecule is COCCn1cnc(-c2ccc3c(c2)c(N2CC(C)n4c(c(CCCOc5cc(C)c(Cl)c(C)c5)c5ccc(Cl)c(-c6c(C)nc(CO)nc6C)c54)C2=O)c(I)n3CCN2CCOCC2)n1. The molecule has 17 heteroatoms. The molecule has 0 bridgehead atoms. The number of nitrogens with zero attached hydrogens (tertiary/aromatic N) is 9. The van der Waals surface area contributed by atoms with Crippen molar-refractivity contribution in [2.75, 3.05) is 64.6 Å². The zero-order valence-electron chi connectivity index (χ0n) is 38.1. The molecule has 1 N–H and O–H groups in total. The van der Waals surface area contributed by atoms with Gasteiger partial charge in [-0.25, -0.2) is 15.0 Å². The quantitative estimate of drug-likeness (QED) is 0.0782. The van der Waals surface area contributed by atoms with Crippen molar-refractivity contribution in [1.29, 1.82) is 0 Å². The van der Waals surface area contributed by atoms with E-state index in [4.69, 9.17) is 42.5 Å². The number of carbonyl (C=O) groups excluding carboxylic acids is 1. The molecule has 1 atom stereocenters. The number of fused-ring (bicyclic) bond motifs is 4. The maximum absolute atomic E-state index is 15.8. The molecule has 1 unspecified atom stereocenters. The number of aliphatic hydroxyl groups excluding tert-OH is 1. The monoisotopic (exact) mass is 1050 g/mol. The molecule has 346 valence electrons. The number of benzene rings is 3. The zero-order valence-corrected chi connectivity index (χ0v) is 41.8. The van der Waals surface area contributed by atoms with Gasteiger partial charge in [0.2, 0.25) is 0 Å². The third-order valence-electron chi connectivity index (χ3n) is 12.8. The van der Waals surface area contributed by atoms with Crippen LogP contribution in [0.3, 0.4) is 0 Å². The van der Waals surface area contributed by atoms with Gasteiger partial charge in [-0.2, -0.15) is 5.10 Å². The van der Waals surface area contributed by atoms with Gasteiger partial charge in [0.1, 0.15) is 28.1 Å². The van der Waals surface area contributed by atoms with Crippen LogP contribution in [0.2, 0.25) is 10.0 Å². The van der Waals surface area contributed by atoms with Crippen molar-refractivity contribution in [3.05, 3.63) is 102 Å². The third-order valence-corrected chi connectivity index (χ3v) is 14.8. The van der Waals surface area contributed by atoms with E-state index >= 15 is 4.79 Å². The maximum Gasteiger partial charge on any atom is 0.275 e. The van der Waals surface area contributed by atoms with Gasteiger partial charge < -0.3 is 33.4 Å². The van der Waals surface area contributed by atoms with E-state index in [2.05, 4.69) is 76.7 Å². The van der Waals surface area contributed by atoms with Crippen LogP contribution in [0.1, 0.15) is 63.8 Å². The van der Waals surface area contributed by atoms with Crippen molar-refractivity contribution in [2.24, 2.45) is 0 Å². The van der Waals surface area contributed by atoms with Crippen molar-refractivity contribution < 1.29 is 24.1 Å². The second-order valence-electron chi connectivity index (χ2n) is 17.2. The molecule has 3 aromatic carbocycles. The van der Waals surface area contributed by atoms with Gasteiger partial charge in [0.25, 0.3) is 5.91 Å². The molecule has 14 nitrogen and oxygen atoms in total. The second kappa shape index (κ2) is 19.5. The predicted octanol–water partition coefficient (Wildman–Crippen LogP) is 9.16. The number of hydrogen-bond donors (Lipinski definition) is 1. The molecule has 1 amide bonds. The zero-order chi connectivity index (χ0) is 46.4. The molecule has 0 aliphatic carbocycles. The van der Waals surface area contributed by atoms with E-state index in [1.165, 1.54) is 0 Å². The van der Waals surface area contributed by atoms with Crippen LogP contribution in [0.25, 0.3) is 44.3 Å². The lowest BCUT2D eigenvalue weighted by Crippen LogP contribution is -2.43. The van der Waals surface area contributed by atoms with Crippen molar-refractivity contribution in [2.45, 2.75) is 73.2 Å². The first-order valence-corrected chi connectivity index (χ1v) is 24.2. The van der Waals surface area contributed by atoms with Crippen molar-refractivity contribution >= 4 is 79.2 Å². The number of ether oxygens (including phenoxy) is 3. The van der Waals surface area contributed by atoms with Gasteiger partial charge in [-0.1, -0.05) is 29.3 Å². The summed E-state index contributed by atoms with van der Waals surface area (Å²) >= 11 is 16.2. The van der Waals surface area contributed by atoms with Crippen LogP contribution in [-0.4, -0.2) is 109 Å². The number of aryl methyl sites for hydroxylation is 5. The Morgan fingerprint density at radius 2 is 1.67 bits per heavy atom. The van der Waals surface area contributed by atoms with Gasteiger partial charge in [0, 0.05) is 89.7 Å². The highest BCUT2D eigenvalue weighted by atomic mass is 127. The number of hydrogen-bond acceptors (Lipinski definition) is 10. The number of morpholine rings is 1. The summed E-state index contributed by atoms with van der Waals surface area (Å²) in [6.07, 6.45) is 2.94. The number of rotatable bonds is 15. The minimum atomic E-state index is -0.277.